The quantitative estimate of drug-likeness (QED) is 0.687. The van der Waals surface area contributed by atoms with E-state index in [1.54, 1.807) is 0 Å². The summed E-state index contributed by atoms with van der Waals surface area (Å²) in [7, 11) is -2.13. The van der Waals surface area contributed by atoms with E-state index in [0.717, 1.165) is 50.5 Å². The fourth-order valence-corrected chi connectivity index (χ4v) is 5.24. The van der Waals surface area contributed by atoms with Gasteiger partial charge in [0.25, 0.3) is 0 Å². The average Bonchev–Trinajstić information content (AvgIpc) is 3.27. The van der Waals surface area contributed by atoms with Gasteiger partial charge in [-0.2, -0.15) is 0 Å². The number of thiol groups is 1. The summed E-state index contributed by atoms with van der Waals surface area (Å²) in [6, 6.07) is 6.88. The number of hydrogen-bond acceptors (Lipinski definition) is 8. The molecule has 31 heavy (non-hydrogen) atoms. The molecule has 3 aliphatic rings. The topological polar surface area (TPSA) is 91.6 Å². The summed E-state index contributed by atoms with van der Waals surface area (Å²) in [4.78, 5) is 13.9. The van der Waals surface area contributed by atoms with E-state index in [9.17, 15) is 4.21 Å². The third-order valence-corrected chi connectivity index (χ3v) is 7.26. The molecule has 1 N–H and O–H groups in total. The lowest BCUT2D eigenvalue weighted by molar-refractivity contribution is 0.169. The molecule has 2 fully saturated rings. The van der Waals surface area contributed by atoms with E-state index in [1.807, 2.05) is 0 Å². The summed E-state index contributed by atoms with van der Waals surface area (Å²) < 4.78 is 30.0. The molecular formula is C22H29N5O3S. The number of fused-ring (bicyclic) bond motifs is 1. The Hall–Kier alpha value is -2.39. The van der Waals surface area contributed by atoms with Crippen LogP contribution in [0.4, 0.5) is 5.95 Å². The maximum absolute atomic E-state index is 11.2. The second-order valence-corrected chi connectivity index (χ2v) is 9.63. The molecule has 2 unspecified atom stereocenters. The molecule has 2 atom stereocenters. The van der Waals surface area contributed by atoms with Gasteiger partial charge in [-0.15, -0.1) is 0 Å². The van der Waals surface area contributed by atoms with Crippen molar-refractivity contribution in [1.29, 1.82) is 4.78 Å². The minimum atomic E-state index is -2.13. The van der Waals surface area contributed by atoms with Crippen LogP contribution in [-0.2, 0) is 10.6 Å². The summed E-state index contributed by atoms with van der Waals surface area (Å²) in [5.41, 5.74) is 1.33. The molecule has 0 radical (unpaired) electrons. The zero-order valence-electron chi connectivity index (χ0n) is 17.6. The standard InChI is InChI=1S/C22H29N5O3S/c23-31(28)18-13-24-22(25-14-18)26-8-5-16(6-9-26)15-27-7-1-2-19(27)17-3-4-20-21(12-17)30-11-10-29-20/h3-4,12-14,16,19,23,31H,1-2,5-11,15H2. The predicted molar refractivity (Wildman–Crippen MR) is 118 cm³/mol. The van der Waals surface area contributed by atoms with Crippen molar-refractivity contribution < 1.29 is 13.7 Å². The number of nitrogens with zero attached hydrogens (tertiary/aromatic N) is 4. The molecule has 1 aromatic carbocycles. The monoisotopic (exact) mass is 443 g/mol. The molecule has 0 aliphatic carbocycles. The van der Waals surface area contributed by atoms with Crippen LogP contribution in [0.5, 0.6) is 11.5 Å². The van der Waals surface area contributed by atoms with Gasteiger partial charge in [0.05, 0.1) is 15.5 Å². The second kappa shape index (κ2) is 9.00. The van der Waals surface area contributed by atoms with Crippen LogP contribution in [0.25, 0.3) is 0 Å². The Morgan fingerprint density at radius 2 is 1.77 bits per heavy atom. The Morgan fingerprint density at radius 3 is 2.52 bits per heavy atom. The summed E-state index contributed by atoms with van der Waals surface area (Å²) in [6.45, 7) is 5.37. The third-order valence-electron chi connectivity index (χ3n) is 6.56. The predicted octanol–water partition coefficient (Wildman–Crippen LogP) is 2.90. The highest BCUT2D eigenvalue weighted by Gasteiger charge is 2.30. The molecule has 0 bridgehead atoms. The van der Waals surface area contributed by atoms with Crippen LogP contribution in [0.15, 0.2) is 35.5 Å². The smallest absolute Gasteiger partial charge is 0.225 e. The number of aromatic nitrogens is 2. The molecule has 2 aromatic rings. The number of benzene rings is 1. The van der Waals surface area contributed by atoms with Crippen LogP contribution in [0.2, 0.25) is 0 Å². The van der Waals surface area contributed by atoms with Gasteiger partial charge in [-0.25, -0.2) is 14.2 Å². The molecule has 9 heteroatoms. The molecule has 0 spiro atoms. The first-order chi connectivity index (χ1) is 15.2. The first kappa shape index (κ1) is 20.5. The molecule has 5 rings (SSSR count). The van der Waals surface area contributed by atoms with Gasteiger partial charge in [-0.1, -0.05) is 6.07 Å². The number of ether oxygens (including phenoxy) is 2. The largest absolute Gasteiger partial charge is 0.486 e. The number of rotatable bonds is 5. The third kappa shape index (κ3) is 4.48. The van der Waals surface area contributed by atoms with Gasteiger partial charge in [0.2, 0.25) is 5.95 Å². The van der Waals surface area contributed by atoms with Gasteiger partial charge in [0, 0.05) is 38.1 Å². The van der Waals surface area contributed by atoms with Crippen LogP contribution in [0.1, 0.15) is 37.3 Å². The van der Waals surface area contributed by atoms with Crippen LogP contribution in [0, 0.1) is 10.7 Å². The van der Waals surface area contributed by atoms with Gasteiger partial charge in [0.1, 0.15) is 13.2 Å². The highest BCUT2D eigenvalue weighted by atomic mass is 32.2. The first-order valence-corrected chi connectivity index (χ1v) is 12.3. The number of hydrogen-bond donors (Lipinski definition) is 2. The first-order valence-electron chi connectivity index (χ1n) is 11.1. The van der Waals surface area contributed by atoms with Crippen molar-refractivity contribution in [2.75, 3.05) is 44.3 Å². The highest BCUT2D eigenvalue weighted by Crippen LogP contribution is 2.39. The summed E-state index contributed by atoms with van der Waals surface area (Å²) in [6.07, 6.45) is 7.68. The van der Waals surface area contributed by atoms with Gasteiger partial charge in [-0.05, 0) is 55.8 Å². The van der Waals surface area contributed by atoms with Crippen molar-refractivity contribution in [3.05, 3.63) is 36.2 Å². The minimum absolute atomic E-state index is 0.382. The van der Waals surface area contributed by atoms with Crippen LogP contribution < -0.4 is 14.4 Å². The fraction of sp³-hybridized carbons (Fsp3) is 0.545. The van der Waals surface area contributed by atoms with Gasteiger partial charge in [-0.3, -0.25) is 9.68 Å². The SMILES string of the molecule is N=[SH](=O)c1cnc(N2CCC(CN3CCCC3c3ccc4c(c3)OCCO4)CC2)nc1. The van der Waals surface area contributed by atoms with Gasteiger partial charge in [0.15, 0.2) is 11.5 Å². The van der Waals surface area contributed by atoms with Crippen molar-refractivity contribution in [3.63, 3.8) is 0 Å². The van der Waals surface area contributed by atoms with E-state index < -0.39 is 10.6 Å². The molecule has 166 valence electrons. The van der Waals surface area contributed by atoms with E-state index in [2.05, 4.69) is 38.0 Å². The van der Waals surface area contributed by atoms with E-state index in [1.165, 1.54) is 30.8 Å². The van der Waals surface area contributed by atoms with Crippen LogP contribution in [0.3, 0.4) is 0 Å². The summed E-state index contributed by atoms with van der Waals surface area (Å²) in [5, 5.41) is 0. The van der Waals surface area contributed by atoms with Crippen molar-refractivity contribution in [2.24, 2.45) is 5.92 Å². The maximum Gasteiger partial charge on any atom is 0.225 e. The number of anilines is 1. The highest BCUT2D eigenvalue weighted by molar-refractivity contribution is 7.73. The second-order valence-electron chi connectivity index (χ2n) is 8.52. The van der Waals surface area contributed by atoms with Crippen molar-refractivity contribution in [3.8, 4) is 11.5 Å². The number of nitrogens with one attached hydrogen (secondary N) is 1. The van der Waals surface area contributed by atoms with E-state index >= 15 is 0 Å². The van der Waals surface area contributed by atoms with Crippen molar-refractivity contribution >= 4 is 16.5 Å². The van der Waals surface area contributed by atoms with Gasteiger partial charge < -0.3 is 14.4 Å². The Balaban J connectivity index is 1.19. The minimum Gasteiger partial charge on any atom is -0.486 e. The number of piperidine rings is 1. The summed E-state index contributed by atoms with van der Waals surface area (Å²) >= 11 is 0. The maximum atomic E-state index is 11.2. The van der Waals surface area contributed by atoms with Crippen LogP contribution >= 0.6 is 0 Å². The Morgan fingerprint density at radius 1 is 1.03 bits per heavy atom. The molecule has 4 heterocycles. The lowest BCUT2D eigenvalue weighted by Gasteiger charge is -2.35. The average molecular weight is 444 g/mol. The van der Waals surface area contributed by atoms with Crippen molar-refractivity contribution in [2.45, 2.75) is 36.6 Å². The molecule has 0 amide bonds. The zero-order chi connectivity index (χ0) is 21.2. The van der Waals surface area contributed by atoms with E-state index in [-0.39, 0.29) is 0 Å². The molecule has 1 aromatic heterocycles. The lowest BCUT2D eigenvalue weighted by Crippen LogP contribution is -2.39. The molecule has 3 aliphatic heterocycles. The summed E-state index contributed by atoms with van der Waals surface area (Å²) in [5.74, 6) is 3.08. The number of likely N-dealkylation sites (tertiary alicyclic amines) is 1. The van der Waals surface area contributed by atoms with E-state index in [4.69, 9.17) is 14.3 Å². The zero-order valence-corrected chi connectivity index (χ0v) is 18.5. The Bertz CT molecular complexity index is 981. The molecule has 2 saturated heterocycles. The molecule has 0 saturated carbocycles. The fourth-order valence-electron chi connectivity index (χ4n) is 4.92. The Labute approximate surface area is 184 Å². The van der Waals surface area contributed by atoms with Crippen molar-refractivity contribution in [1.82, 2.24) is 14.9 Å². The lowest BCUT2D eigenvalue weighted by atomic mass is 9.95. The van der Waals surface area contributed by atoms with E-state index in [0.29, 0.717) is 36.0 Å². The Kier molecular flexibility index (Phi) is 5.95. The van der Waals surface area contributed by atoms with Gasteiger partial charge >= 0.3 is 0 Å². The normalized spacial score (nSPS) is 23.1. The van der Waals surface area contributed by atoms with Crippen LogP contribution in [-0.4, -0.2) is 58.5 Å². The molecule has 8 nitrogen and oxygen atoms in total. The molecular weight excluding hydrogens is 414 g/mol.